The van der Waals surface area contributed by atoms with Crippen molar-refractivity contribution in [2.24, 2.45) is 0 Å². The highest BCUT2D eigenvalue weighted by Gasteiger charge is 2.39. The van der Waals surface area contributed by atoms with Crippen molar-refractivity contribution in [2.75, 3.05) is 14.2 Å². The molecule has 0 fully saturated rings. The molecule has 3 aromatic rings. The number of hydrogen-bond acceptors (Lipinski definition) is 4. The molecule has 0 radical (unpaired) electrons. The number of ether oxygens (including phenoxy) is 3. The van der Waals surface area contributed by atoms with E-state index in [0.717, 1.165) is 33.8 Å². The van der Waals surface area contributed by atoms with E-state index in [9.17, 15) is 5.11 Å². The van der Waals surface area contributed by atoms with Gasteiger partial charge in [0, 0.05) is 17.2 Å². The van der Waals surface area contributed by atoms with Crippen molar-refractivity contribution in [3.05, 3.63) is 82.9 Å². The lowest BCUT2D eigenvalue weighted by Crippen LogP contribution is -2.11. The number of fused-ring (bicyclic) bond motifs is 1. The minimum atomic E-state index is -0.196. The molecule has 1 N–H and O–H groups in total. The van der Waals surface area contributed by atoms with Gasteiger partial charge >= 0.3 is 0 Å². The molecule has 2 atom stereocenters. The Bertz CT molecular complexity index is 948. The zero-order valence-electron chi connectivity index (χ0n) is 15.6. The Morgan fingerprint density at radius 1 is 0.889 bits per heavy atom. The molecule has 138 valence electrons. The molecule has 27 heavy (non-hydrogen) atoms. The molecule has 4 nitrogen and oxygen atoms in total. The molecule has 0 saturated carbocycles. The fourth-order valence-electron chi connectivity index (χ4n) is 3.81. The van der Waals surface area contributed by atoms with Crippen LogP contribution < -0.4 is 14.2 Å². The molecule has 0 saturated heterocycles. The number of phenols is 1. The molecule has 4 heteroatoms. The minimum Gasteiger partial charge on any atom is -0.504 e. The molecule has 0 amide bonds. The van der Waals surface area contributed by atoms with Crippen molar-refractivity contribution in [1.82, 2.24) is 0 Å². The summed E-state index contributed by atoms with van der Waals surface area (Å²) in [6.07, 6.45) is -0.196. The van der Waals surface area contributed by atoms with Gasteiger partial charge in [0.15, 0.2) is 11.5 Å². The summed E-state index contributed by atoms with van der Waals surface area (Å²) in [5, 5.41) is 10.6. The van der Waals surface area contributed by atoms with E-state index in [4.69, 9.17) is 14.2 Å². The van der Waals surface area contributed by atoms with Crippen molar-refractivity contribution < 1.29 is 19.3 Å². The molecule has 0 aromatic heterocycles. The Morgan fingerprint density at radius 3 is 2.22 bits per heavy atom. The SMILES string of the molecule is COc1ccc([C@H]2Oc3cc(OC)c(O)c(C)c3[C@@H]2c2ccccc2)cc1. The predicted molar refractivity (Wildman–Crippen MR) is 104 cm³/mol. The van der Waals surface area contributed by atoms with Crippen LogP contribution in [0.2, 0.25) is 0 Å². The molecule has 0 aliphatic carbocycles. The number of phenolic OH excluding ortho intramolecular Hbond substituents is 1. The first-order valence-corrected chi connectivity index (χ1v) is 8.90. The van der Waals surface area contributed by atoms with Gasteiger partial charge < -0.3 is 19.3 Å². The van der Waals surface area contributed by atoms with Gasteiger partial charge in [-0.25, -0.2) is 0 Å². The second-order valence-electron chi connectivity index (χ2n) is 6.66. The van der Waals surface area contributed by atoms with Crippen molar-refractivity contribution in [2.45, 2.75) is 18.9 Å². The monoisotopic (exact) mass is 362 g/mol. The fourth-order valence-corrected chi connectivity index (χ4v) is 3.81. The van der Waals surface area contributed by atoms with Crippen LogP contribution in [0.4, 0.5) is 0 Å². The second kappa shape index (κ2) is 6.88. The topological polar surface area (TPSA) is 47.9 Å². The Morgan fingerprint density at radius 2 is 1.59 bits per heavy atom. The average Bonchev–Trinajstić information content (AvgIpc) is 3.11. The fraction of sp³-hybridized carbons (Fsp3) is 0.217. The van der Waals surface area contributed by atoms with Crippen molar-refractivity contribution in [3.63, 3.8) is 0 Å². The van der Waals surface area contributed by atoms with E-state index in [1.54, 1.807) is 20.3 Å². The molecular formula is C23H22O4. The molecule has 1 aliphatic heterocycles. The van der Waals surface area contributed by atoms with Crippen LogP contribution in [0.3, 0.4) is 0 Å². The summed E-state index contributed by atoms with van der Waals surface area (Å²) in [6, 6.07) is 20.0. The maximum atomic E-state index is 10.6. The first-order chi connectivity index (χ1) is 13.1. The van der Waals surface area contributed by atoms with Crippen molar-refractivity contribution in [1.29, 1.82) is 0 Å². The second-order valence-corrected chi connectivity index (χ2v) is 6.66. The molecule has 4 rings (SSSR count). The standard InChI is InChI=1S/C23H22O4/c1-14-20-18(13-19(26-3)22(14)24)27-23(16-9-11-17(25-2)12-10-16)21(20)15-7-5-4-6-8-15/h4-13,21,23-24H,1-3H3/t21-,23+/m0/s1. The minimum absolute atomic E-state index is 0.0219. The summed E-state index contributed by atoms with van der Waals surface area (Å²) >= 11 is 0. The Kier molecular flexibility index (Phi) is 4.40. The van der Waals surface area contributed by atoms with E-state index in [1.807, 2.05) is 49.4 Å². The lowest BCUT2D eigenvalue weighted by atomic mass is 9.83. The molecule has 3 aromatic carbocycles. The van der Waals surface area contributed by atoms with Gasteiger partial charge in [0.05, 0.1) is 20.1 Å². The summed E-state index contributed by atoms with van der Waals surface area (Å²) in [6.45, 7) is 1.91. The third-order valence-electron chi connectivity index (χ3n) is 5.21. The summed E-state index contributed by atoms with van der Waals surface area (Å²) in [4.78, 5) is 0. The summed E-state index contributed by atoms with van der Waals surface area (Å²) < 4.78 is 17.0. The van der Waals surface area contributed by atoms with Gasteiger partial charge in [-0.05, 0) is 30.2 Å². The summed E-state index contributed by atoms with van der Waals surface area (Å²) in [5.74, 6) is 2.12. The van der Waals surface area contributed by atoms with Gasteiger partial charge in [0.25, 0.3) is 0 Å². The van der Waals surface area contributed by atoms with Gasteiger partial charge in [-0.1, -0.05) is 42.5 Å². The van der Waals surface area contributed by atoms with Crippen LogP contribution in [0, 0.1) is 6.92 Å². The third-order valence-corrected chi connectivity index (χ3v) is 5.21. The number of rotatable bonds is 4. The molecular weight excluding hydrogens is 340 g/mol. The van der Waals surface area contributed by atoms with Crippen LogP contribution in [-0.2, 0) is 0 Å². The van der Waals surface area contributed by atoms with E-state index in [1.165, 1.54) is 0 Å². The maximum absolute atomic E-state index is 10.6. The van der Waals surface area contributed by atoms with Crippen LogP contribution in [-0.4, -0.2) is 19.3 Å². The van der Waals surface area contributed by atoms with Gasteiger partial charge in [-0.15, -0.1) is 0 Å². The predicted octanol–water partition coefficient (Wildman–Crippen LogP) is 4.98. The first-order valence-electron chi connectivity index (χ1n) is 8.90. The maximum Gasteiger partial charge on any atom is 0.164 e. The van der Waals surface area contributed by atoms with Crippen LogP contribution in [0.5, 0.6) is 23.0 Å². The molecule has 1 aliphatic rings. The van der Waals surface area contributed by atoms with Crippen molar-refractivity contribution in [3.8, 4) is 23.0 Å². The van der Waals surface area contributed by atoms with Gasteiger partial charge in [0.2, 0.25) is 0 Å². The van der Waals surface area contributed by atoms with Crippen LogP contribution in [0.25, 0.3) is 0 Å². The first kappa shape index (κ1) is 17.3. The van der Waals surface area contributed by atoms with Crippen LogP contribution in [0.15, 0.2) is 60.7 Å². The highest BCUT2D eigenvalue weighted by molar-refractivity contribution is 5.62. The number of aromatic hydroxyl groups is 1. The van der Waals surface area contributed by atoms with E-state index >= 15 is 0 Å². The highest BCUT2D eigenvalue weighted by atomic mass is 16.5. The zero-order chi connectivity index (χ0) is 19.0. The lowest BCUT2D eigenvalue weighted by molar-refractivity contribution is 0.221. The molecule has 1 heterocycles. The zero-order valence-corrected chi connectivity index (χ0v) is 15.6. The van der Waals surface area contributed by atoms with Crippen LogP contribution >= 0.6 is 0 Å². The number of methoxy groups -OCH3 is 2. The van der Waals surface area contributed by atoms with E-state index in [-0.39, 0.29) is 17.8 Å². The largest absolute Gasteiger partial charge is 0.504 e. The Balaban J connectivity index is 1.87. The van der Waals surface area contributed by atoms with E-state index in [2.05, 4.69) is 12.1 Å². The molecule has 0 spiro atoms. The molecule has 0 bridgehead atoms. The summed E-state index contributed by atoms with van der Waals surface area (Å²) in [5.41, 5.74) is 3.98. The van der Waals surface area contributed by atoms with Gasteiger partial charge in [0.1, 0.15) is 17.6 Å². The number of hydrogen-bond donors (Lipinski definition) is 1. The van der Waals surface area contributed by atoms with E-state index in [0.29, 0.717) is 5.75 Å². The molecule has 0 unspecified atom stereocenters. The van der Waals surface area contributed by atoms with E-state index < -0.39 is 0 Å². The number of benzene rings is 3. The highest BCUT2D eigenvalue weighted by Crippen LogP contribution is 2.54. The van der Waals surface area contributed by atoms with Gasteiger partial charge in [-0.2, -0.15) is 0 Å². The van der Waals surface area contributed by atoms with Crippen molar-refractivity contribution >= 4 is 0 Å². The normalized spacial score (nSPS) is 17.9. The summed E-state index contributed by atoms with van der Waals surface area (Å²) in [7, 11) is 3.20. The lowest BCUT2D eigenvalue weighted by Gasteiger charge is -2.21. The van der Waals surface area contributed by atoms with Gasteiger partial charge in [-0.3, -0.25) is 0 Å². The average molecular weight is 362 g/mol. The quantitative estimate of drug-likeness (QED) is 0.711. The third kappa shape index (κ3) is 2.87. The Hall–Kier alpha value is -3.14. The Labute approximate surface area is 158 Å². The van der Waals surface area contributed by atoms with Crippen LogP contribution in [0.1, 0.15) is 34.3 Å². The smallest absolute Gasteiger partial charge is 0.164 e.